The molecule has 3 rings (SSSR count). The predicted molar refractivity (Wildman–Crippen MR) is 125 cm³/mol. The van der Waals surface area contributed by atoms with Gasteiger partial charge in [0.05, 0.1) is 6.54 Å². The van der Waals surface area contributed by atoms with Crippen molar-refractivity contribution in [1.29, 1.82) is 0 Å². The number of likely N-dealkylation sites (tertiary alicyclic amines) is 1. The molecule has 1 aliphatic heterocycles. The number of furan rings is 1. The van der Waals surface area contributed by atoms with Crippen LogP contribution in [0.25, 0.3) is 0 Å². The third-order valence-electron chi connectivity index (χ3n) is 5.14. The van der Waals surface area contributed by atoms with Crippen molar-refractivity contribution in [1.82, 2.24) is 9.80 Å². The van der Waals surface area contributed by atoms with Gasteiger partial charge in [-0.15, -0.1) is 24.8 Å². The first kappa shape index (κ1) is 26.8. The Bertz CT molecular complexity index is 719. The maximum atomic E-state index is 10.2. The number of hydrogen-bond acceptors (Lipinski definition) is 6. The van der Waals surface area contributed by atoms with E-state index in [1.807, 2.05) is 31.2 Å². The van der Waals surface area contributed by atoms with Gasteiger partial charge in [-0.1, -0.05) is 12.1 Å². The van der Waals surface area contributed by atoms with E-state index in [0.717, 1.165) is 56.3 Å². The molecule has 1 saturated heterocycles. The molecule has 6 nitrogen and oxygen atoms in total. The SMILES string of the molecule is Cc1ccc(CN(C)Cc2ccc(OCC(O)CN3CCC(N)CC3)cc2)o1.Cl.Cl. The van der Waals surface area contributed by atoms with Crippen molar-refractivity contribution in [2.24, 2.45) is 5.73 Å². The lowest BCUT2D eigenvalue weighted by Gasteiger charge is -2.31. The Morgan fingerprint density at radius 3 is 2.40 bits per heavy atom. The van der Waals surface area contributed by atoms with Gasteiger partial charge in [-0.2, -0.15) is 0 Å². The number of hydrogen-bond donors (Lipinski definition) is 2. The lowest BCUT2D eigenvalue weighted by atomic mass is 10.1. The molecule has 1 aromatic heterocycles. The molecule has 2 heterocycles. The first-order valence-corrected chi connectivity index (χ1v) is 10.1. The number of benzene rings is 1. The van der Waals surface area contributed by atoms with Crippen LogP contribution in [0.1, 0.15) is 29.9 Å². The number of halogens is 2. The summed E-state index contributed by atoms with van der Waals surface area (Å²) in [4.78, 5) is 4.47. The molecule has 1 aromatic carbocycles. The fourth-order valence-corrected chi connectivity index (χ4v) is 3.57. The van der Waals surface area contributed by atoms with Crippen molar-refractivity contribution < 1.29 is 14.3 Å². The van der Waals surface area contributed by atoms with Gasteiger partial charge in [0.15, 0.2) is 0 Å². The van der Waals surface area contributed by atoms with Crippen LogP contribution in [0.4, 0.5) is 0 Å². The van der Waals surface area contributed by atoms with Gasteiger partial charge in [0, 0.05) is 19.1 Å². The topological polar surface area (TPSA) is 75.1 Å². The van der Waals surface area contributed by atoms with Crippen molar-refractivity contribution in [3.63, 3.8) is 0 Å². The highest BCUT2D eigenvalue weighted by atomic mass is 35.5. The predicted octanol–water partition coefficient (Wildman–Crippen LogP) is 3.23. The summed E-state index contributed by atoms with van der Waals surface area (Å²) in [5.41, 5.74) is 7.13. The Morgan fingerprint density at radius 1 is 1.13 bits per heavy atom. The zero-order chi connectivity index (χ0) is 19.9. The first-order chi connectivity index (χ1) is 13.5. The van der Waals surface area contributed by atoms with Gasteiger partial charge in [0.25, 0.3) is 0 Å². The van der Waals surface area contributed by atoms with Crippen LogP contribution in [0.2, 0.25) is 0 Å². The van der Waals surface area contributed by atoms with Crippen LogP contribution in [0.3, 0.4) is 0 Å². The van der Waals surface area contributed by atoms with Crippen LogP contribution in [0.15, 0.2) is 40.8 Å². The number of ether oxygens (including phenoxy) is 1. The maximum absolute atomic E-state index is 10.2. The number of aliphatic hydroxyl groups excluding tert-OH is 1. The number of aliphatic hydroxyl groups is 1. The molecule has 0 amide bonds. The average molecular weight is 460 g/mol. The molecule has 8 heteroatoms. The van der Waals surface area contributed by atoms with E-state index in [1.165, 1.54) is 5.56 Å². The summed E-state index contributed by atoms with van der Waals surface area (Å²) >= 11 is 0. The summed E-state index contributed by atoms with van der Waals surface area (Å²) in [6.07, 6.45) is 1.52. The minimum absolute atomic E-state index is 0. The molecular formula is C22H35Cl2N3O3. The molecule has 0 saturated carbocycles. The van der Waals surface area contributed by atoms with Crippen molar-refractivity contribution >= 4 is 24.8 Å². The minimum atomic E-state index is -0.489. The second-order valence-corrected chi connectivity index (χ2v) is 7.93. The molecule has 170 valence electrons. The molecule has 1 aliphatic rings. The molecule has 0 radical (unpaired) electrons. The lowest BCUT2D eigenvalue weighted by Crippen LogP contribution is -2.44. The number of rotatable bonds is 9. The Labute approximate surface area is 192 Å². The summed E-state index contributed by atoms with van der Waals surface area (Å²) in [7, 11) is 2.08. The standard InChI is InChI=1S/C22H33N3O3.2ClH/c1-17-3-6-22(28-17)15-24(2)13-18-4-7-21(8-5-18)27-16-20(26)14-25-11-9-19(23)10-12-25;;/h3-8,19-20,26H,9-16,23H2,1-2H3;2*1H. The normalized spacial score (nSPS) is 16.0. The largest absolute Gasteiger partial charge is 0.491 e. The molecule has 0 spiro atoms. The Hall–Kier alpha value is -1.28. The number of nitrogens with zero attached hydrogens (tertiary/aromatic N) is 2. The highest BCUT2D eigenvalue weighted by Crippen LogP contribution is 2.16. The van der Waals surface area contributed by atoms with Crippen LogP contribution in [0, 0.1) is 6.92 Å². The van der Waals surface area contributed by atoms with E-state index < -0.39 is 6.10 Å². The Balaban J connectivity index is 0.00000225. The molecule has 0 aliphatic carbocycles. The highest BCUT2D eigenvalue weighted by molar-refractivity contribution is 5.85. The third-order valence-corrected chi connectivity index (χ3v) is 5.14. The molecular weight excluding hydrogens is 425 g/mol. The second kappa shape index (κ2) is 13.2. The molecule has 3 N–H and O–H groups in total. The first-order valence-electron chi connectivity index (χ1n) is 10.1. The minimum Gasteiger partial charge on any atom is -0.491 e. The molecule has 0 bridgehead atoms. The third kappa shape index (κ3) is 8.84. The van der Waals surface area contributed by atoms with Gasteiger partial charge in [-0.3, -0.25) is 4.90 Å². The van der Waals surface area contributed by atoms with Crippen LogP contribution in [-0.4, -0.2) is 60.3 Å². The summed E-state index contributed by atoms with van der Waals surface area (Å²) in [5, 5.41) is 10.2. The van der Waals surface area contributed by atoms with Gasteiger partial charge in [-0.25, -0.2) is 0 Å². The van der Waals surface area contributed by atoms with Crippen molar-refractivity contribution in [3.8, 4) is 5.75 Å². The Morgan fingerprint density at radius 2 is 1.80 bits per heavy atom. The number of piperidine rings is 1. The van der Waals surface area contributed by atoms with Crippen molar-refractivity contribution in [2.45, 2.75) is 45.0 Å². The van der Waals surface area contributed by atoms with Gasteiger partial charge >= 0.3 is 0 Å². The average Bonchev–Trinajstić information content (AvgIpc) is 3.07. The van der Waals surface area contributed by atoms with Crippen LogP contribution < -0.4 is 10.5 Å². The zero-order valence-electron chi connectivity index (χ0n) is 17.8. The maximum Gasteiger partial charge on any atom is 0.119 e. The molecule has 1 atom stereocenters. The van der Waals surface area contributed by atoms with E-state index in [1.54, 1.807) is 0 Å². The van der Waals surface area contributed by atoms with E-state index in [0.29, 0.717) is 19.2 Å². The summed E-state index contributed by atoms with van der Waals surface area (Å²) in [6, 6.07) is 12.4. The van der Waals surface area contributed by atoms with Crippen LogP contribution in [0.5, 0.6) is 5.75 Å². The van der Waals surface area contributed by atoms with Gasteiger partial charge in [0.2, 0.25) is 0 Å². The fraction of sp³-hybridized carbons (Fsp3) is 0.545. The molecule has 2 aromatic rings. The summed E-state index contributed by atoms with van der Waals surface area (Å²) in [5.74, 6) is 2.70. The van der Waals surface area contributed by atoms with E-state index in [-0.39, 0.29) is 24.8 Å². The van der Waals surface area contributed by atoms with E-state index >= 15 is 0 Å². The molecule has 1 fully saturated rings. The Kier molecular flexibility index (Phi) is 11.8. The van der Waals surface area contributed by atoms with Gasteiger partial charge in [0.1, 0.15) is 30.0 Å². The van der Waals surface area contributed by atoms with Gasteiger partial charge in [-0.05, 0) is 69.7 Å². The van der Waals surface area contributed by atoms with Crippen molar-refractivity contribution in [2.75, 3.05) is 33.3 Å². The van der Waals surface area contributed by atoms with Gasteiger partial charge < -0.3 is 24.9 Å². The van der Waals surface area contributed by atoms with Crippen LogP contribution >= 0.6 is 24.8 Å². The second-order valence-electron chi connectivity index (χ2n) is 7.93. The molecule has 1 unspecified atom stereocenters. The van der Waals surface area contributed by atoms with Crippen LogP contribution in [-0.2, 0) is 13.1 Å². The van der Waals surface area contributed by atoms with Crippen molar-refractivity contribution in [3.05, 3.63) is 53.5 Å². The van der Waals surface area contributed by atoms with E-state index in [9.17, 15) is 5.11 Å². The lowest BCUT2D eigenvalue weighted by molar-refractivity contribution is 0.0597. The summed E-state index contributed by atoms with van der Waals surface area (Å²) < 4.78 is 11.4. The summed E-state index contributed by atoms with van der Waals surface area (Å²) in [6.45, 7) is 6.43. The van der Waals surface area contributed by atoms with E-state index in [4.69, 9.17) is 14.9 Å². The zero-order valence-corrected chi connectivity index (χ0v) is 19.5. The molecule has 30 heavy (non-hydrogen) atoms. The number of nitrogens with two attached hydrogens (primary N) is 1. The monoisotopic (exact) mass is 459 g/mol. The number of β-amino-alcohol motifs (C(OH)–C–C–N with tert-alkyl or cyclic N) is 1. The number of aryl methyl sites for hydroxylation is 1. The van der Waals surface area contributed by atoms with E-state index in [2.05, 4.69) is 29.0 Å². The highest BCUT2D eigenvalue weighted by Gasteiger charge is 2.18. The fourth-order valence-electron chi connectivity index (χ4n) is 3.57. The quantitative estimate of drug-likeness (QED) is 0.599. The smallest absolute Gasteiger partial charge is 0.119 e.